The van der Waals surface area contributed by atoms with Crippen LogP contribution in [0.2, 0.25) is 0 Å². The van der Waals surface area contributed by atoms with Crippen molar-refractivity contribution in [3.8, 4) is 0 Å². The van der Waals surface area contributed by atoms with E-state index in [1.165, 1.54) is 16.7 Å². The van der Waals surface area contributed by atoms with E-state index in [2.05, 4.69) is 0 Å². The lowest BCUT2D eigenvalue weighted by Crippen LogP contribution is -2.41. The molecule has 0 atom stereocenters. The number of carbonyl (C=O) groups is 1. The van der Waals surface area contributed by atoms with Gasteiger partial charge in [0.1, 0.15) is 0 Å². The molecule has 6 nitrogen and oxygen atoms in total. The van der Waals surface area contributed by atoms with E-state index in [9.17, 15) is 9.59 Å². The number of hydrogen-bond donors (Lipinski definition) is 0. The Kier molecular flexibility index (Phi) is 5.06. The van der Waals surface area contributed by atoms with Gasteiger partial charge in [-0.3, -0.25) is 4.79 Å². The molecule has 0 N–H and O–H groups in total. The summed E-state index contributed by atoms with van der Waals surface area (Å²) in [6.07, 6.45) is 4.53. The SMILES string of the molecule is CCOC(=O)/C=C/c1cc(=O)n(C)cc1B1OC(C)(C)C(C)(C)O1. The highest BCUT2D eigenvalue weighted by molar-refractivity contribution is 6.63. The van der Waals surface area contributed by atoms with Crippen LogP contribution in [0.4, 0.5) is 0 Å². The number of nitrogens with zero attached hydrogens (tertiary/aromatic N) is 1. The Bertz CT molecular complexity index is 704. The molecule has 1 aliphatic heterocycles. The van der Waals surface area contributed by atoms with E-state index in [1.807, 2.05) is 27.7 Å². The first kappa shape index (κ1) is 18.5. The summed E-state index contributed by atoms with van der Waals surface area (Å²) >= 11 is 0. The largest absolute Gasteiger partial charge is 0.496 e. The number of pyridine rings is 1. The number of aromatic nitrogens is 1. The smallest absolute Gasteiger partial charge is 0.463 e. The molecule has 0 aliphatic carbocycles. The Labute approximate surface area is 142 Å². The first-order chi connectivity index (χ1) is 11.1. The van der Waals surface area contributed by atoms with Crippen LogP contribution in [0.5, 0.6) is 0 Å². The molecule has 1 aliphatic rings. The van der Waals surface area contributed by atoms with E-state index in [4.69, 9.17) is 14.0 Å². The minimum absolute atomic E-state index is 0.182. The Morgan fingerprint density at radius 1 is 1.29 bits per heavy atom. The summed E-state index contributed by atoms with van der Waals surface area (Å²) in [6.45, 7) is 9.88. The molecule has 1 aromatic heterocycles. The Morgan fingerprint density at radius 3 is 2.42 bits per heavy atom. The molecule has 2 rings (SSSR count). The molecule has 24 heavy (non-hydrogen) atoms. The molecule has 2 heterocycles. The van der Waals surface area contributed by atoms with Gasteiger partial charge in [-0.1, -0.05) is 0 Å². The zero-order chi connectivity index (χ0) is 18.1. The molecule has 0 radical (unpaired) electrons. The number of aryl methyl sites for hydroxylation is 1. The van der Waals surface area contributed by atoms with Crippen LogP contribution in [0, 0.1) is 0 Å². The summed E-state index contributed by atoms with van der Waals surface area (Å²) in [7, 11) is 1.04. The maximum atomic E-state index is 12.0. The van der Waals surface area contributed by atoms with Crippen molar-refractivity contribution in [1.82, 2.24) is 4.57 Å². The van der Waals surface area contributed by atoms with Gasteiger partial charge in [-0.05, 0) is 46.3 Å². The van der Waals surface area contributed by atoms with Crippen molar-refractivity contribution in [3.05, 3.63) is 34.3 Å². The second-order valence-electron chi connectivity index (χ2n) is 6.81. The van der Waals surface area contributed by atoms with Gasteiger partial charge in [-0.2, -0.15) is 0 Å². The van der Waals surface area contributed by atoms with Gasteiger partial charge in [0.05, 0.1) is 17.8 Å². The fraction of sp³-hybridized carbons (Fsp3) is 0.529. The molecule has 7 heteroatoms. The number of rotatable bonds is 4. The van der Waals surface area contributed by atoms with Crippen molar-refractivity contribution in [2.45, 2.75) is 45.8 Å². The molecule has 130 valence electrons. The monoisotopic (exact) mass is 333 g/mol. The highest BCUT2D eigenvalue weighted by Gasteiger charge is 2.52. The molecule has 0 bridgehead atoms. The predicted octanol–water partition coefficient (Wildman–Crippen LogP) is 1.26. The summed E-state index contributed by atoms with van der Waals surface area (Å²) in [5.41, 5.74) is 0.0999. The van der Waals surface area contributed by atoms with Crippen molar-refractivity contribution in [3.63, 3.8) is 0 Å². The number of hydrogen-bond acceptors (Lipinski definition) is 5. The van der Waals surface area contributed by atoms with Crippen molar-refractivity contribution < 1.29 is 18.8 Å². The zero-order valence-electron chi connectivity index (χ0n) is 15.1. The summed E-state index contributed by atoms with van der Waals surface area (Å²) in [5, 5.41) is 0. The van der Waals surface area contributed by atoms with E-state index in [0.717, 1.165) is 0 Å². The van der Waals surface area contributed by atoms with Crippen LogP contribution in [0.25, 0.3) is 6.08 Å². The van der Waals surface area contributed by atoms with Gasteiger partial charge >= 0.3 is 13.1 Å². The van der Waals surface area contributed by atoms with Gasteiger partial charge in [-0.25, -0.2) is 4.79 Å². The zero-order valence-corrected chi connectivity index (χ0v) is 15.1. The predicted molar refractivity (Wildman–Crippen MR) is 93.1 cm³/mol. The second kappa shape index (κ2) is 6.57. The molecule has 1 aromatic rings. The van der Waals surface area contributed by atoms with E-state index in [1.54, 1.807) is 26.2 Å². The fourth-order valence-electron chi connectivity index (χ4n) is 2.32. The maximum absolute atomic E-state index is 12.0. The lowest BCUT2D eigenvalue weighted by Gasteiger charge is -2.32. The molecule has 0 aromatic carbocycles. The van der Waals surface area contributed by atoms with Crippen LogP contribution in [-0.4, -0.2) is 35.5 Å². The molecule has 1 fully saturated rings. The molecule has 0 amide bonds. The Morgan fingerprint density at radius 2 is 1.88 bits per heavy atom. The van der Waals surface area contributed by atoms with E-state index >= 15 is 0 Å². The summed E-state index contributed by atoms with van der Waals surface area (Å²) in [4.78, 5) is 23.5. The molecule has 0 unspecified atom stereocenters. The Hall–Kier alpha value is -1.86. The number of esters is 1. The standard InChI is InChI=1S/C17H24BNO5/c1-7-22-15(21)9-8-12-10-14(20)19(6)11-13(12)18-23-16(2,3)17(4,5)24-18/h8-11H,7H2,1-6H3/b9-8+. The number of carbonyl (C=O) groups excluding carboxylic acids is 1. The van der Waals surface area contributed by atoms with Gasteiger partial charge in [0.2, 0.25) is 0 Å². The summed E-state index contributed by atoms with van der Waals surface area (Å²) < 4.78 is 18.4. The second-order valence-corrected chi connectivity index (χ2v) is 6.81. The highest BCUT2D eigenvalue weighted by Crippen LogP contribution is 2.36. The van der Waals surface area contributed by atoms with Gasteiger partial charge in [-0.15, -0.1) is 0 Å². The van der Waals surface area contributed by atoms with Gasteiger partial charge < -0.3 is 18.6 Å². The van der Waals surface area contributed by atoms with Gasteiger partial charge in [0, 0.05) is 30.8 Å². The summed E-state index contributed by atoms with van der Waals surface area (Å²) in [6, 6.07) is 1.45. The summed E-state index contributed by atoms with van der Waals surface area (Å²) in [5.74, 6) is -0.460. The highest BCUT2D eigenvalue weighted by atomic mass is 16.7. The van der Waals surface area contributed by atoms with E-state index in [-0.39, 0.29) is 5.56 Å². The molecular weight excluding hydrogens is 309 g/mol. The molecule has 1 saturated heterocycles. The van der Waals surface area contributed by atoms with Crippen molar-refractivity contribution in [2.75, 3.05) is 6.61 Å². The van der Waals surface area contributed by atoms with Gasteiger partial charge in [0.15, 0.2) is 0 Å². The topological polar surface area (TPSA) is 66.8 Å². The molecule has 0 spiro atoms. The molecular formula is C17H24BNO5. The molecule has 0 saturated carbocycles. The van der Waals surface area contributed by atoms with Crippen LogP contribution < -0.4 is 11.0 Å². The maximum Gasteiger partial charge on any atom is 0.496 e. The van der Waals surface area contributed by atoms with Crippen LogP contribution in [0.1, 0.15) is 40.2 Å². The average Bonchev–Trinajstić information content (AvgIpc) is 2.68. The van der Waals surface area contributed by atoms with Crippen molar-refractivity contribution >= 4 is 24.6 Å². The van der Waals surface area contributed by atoms with Crippen LogP contribution in [-0.2, 0) is 25.9 Å². The third-order valence-electron chi connectivity index (χ3n) is 4.49. The quantitative estimate of drug-likeness (QED) is 0.471. The first-order valence-corrected chi connectivity index (χ1v) is 7.98. The fourth-order valence-corrected chi connectivity index (χ4v) is 2.32. The minimum Gasteiger partial charge on any atom is -0.463 e. The third-order valence-corrected chi connectivity index (χ3v) is 4.49. The first-order valence-electron chi connectivity index (χ1n) is 7.98. The lowest BCUT2D eigenvalue weighted by molar-refractivity contribution is -0.137. The Balaban J connectivity index is 2.41. The average molecular weight is 333 g/mol. The van der Waals surface area contributed by atoms with Crippen molar-refractivity contribution in [2.24, 2.45) is 7.05 Å². The van der Waals surface area contributed by atoms with Crippen molar-refractivity contribution in [1.29, 1.82) is 0 Å². The minimum atomic E-state index is -0.622. The lowest BCUT2D eigenvalue weighted by atomic mass is 9.77. The van der Waals surface area contributed by atoms with Crippen LogP contribution in [0.15, 0.2) is 23.1 Å². The van der Waals surface area contributed by atoms with Crippen LogP contribution in [0.3, 0.4) is 0 Å². The van der Waals surface area contributed by atoms with E-state index in [0.29, 0.717) is 17.6 Å². The van der Waals surface area contributed by atoms with Gasteiger partial charge in [0.25, 0.3) is 5.56 Å². The normalized spacial score (nSPS) is 19.0. The number of ether oxygens (including phenoxy) is 1. The van der Waals surface area contributed by atoms with E-state index < -0.39 is 24.3 Å². The van der Waals surface area contributed by atoms with Crippen LogP contribution >= 0.6 is 0 Å². The third kappa shape index (κ3) is 3.62.